The Balaban J connectivity index is 1.64. The van der Waals surface area contributed by atoms with Crippen LogP contribution in [-0.4, -0.2) is 24.9 Å². The number of thiophene rings is 2. The number of rotatable bonds is 6. The number of carbonyl (C=O) groups excluding carboxylic acids is 2. The summed E-state index contributed by atoms with van der Waals surface area (Å²) in [6.07, 6.45) is 0.738. The fourth-order valence-electron chi connectivity index (χ4n) is 1.53. The van der Waals surface area contributed by atoms with Gasteiger partial charge < -0.3 is 10.6 Å². The van der Waals surface area contributed by atoms with E-state index >= 15 is 0 Å². The van der Waals surface area contributed by atoms with Gasteiger partial charge in [-0.3, -0.25) is 9.59 Å². The zero-order chi connectivity index (χ0) is 14.4. The minimum Gasteiger partial charge on any atom is -0.354 e. The summed E-state index contributed by atoms with van der Waals surface area (Å²) in [5.74, 6) is -0.428. The first kappa shape index (κ1) is 15.0. The van der Waals surface area contributed by atoms with Gasteiger partial charge in [0.15, 0.2) is 0 Å². The Morgan fingerprint density at radius 3 is 2.70 bits per heavy atom. The molecule has 0 unspecified atom stereocenters. The first-order chi connectivity index (χ1) is 9.65. The van der Waals surface area contributed by atoms with Crippen molar-refractivity contribution < 1.29 is 9.59 Å². The predicted molar refractivity (Wildman–Crippen MR) is 82.7 cm³/mol. The van der Waals surface area contributed by atoms with Gasteiger partial charge in [-0.1, -0.05) is 11.6 Å². The second kappa shape index (κ2) is 7.42. The fourth-order valence-corrected chi connectivity index (χ4v) is 3.25. The van der Waals surface area contributed by atoms with Gasteiger partial charge in [0.05, 0.1) is 10.9 Å². The second-order valence-corrected chi connectivity index (χ2v) is 6.58. The number of hydrogen-bond donors (Lipinski definition) is 2. The molecule has 7 heteroatoms. The first-order valence-electron chi connectivity index (χ1n) is 5.96. The fraction of sp³-hybridized carbons (Fsp3) is 0.231. The molecule has 20 heavy (non-hydrogen) atoms. The molecule has 0 aliphatic heterocycles. The second-order valence-electron chi connectivity index (χ2n) is 4.00. The van der Waals surface area contributed by atoms with Gasteiger partial charge in [0.25, 0.3) is 5.91 Å². The van der Waals surface area contributed by atoms with E-state index in [0.717, 1.165) is 15.6 Å². The summed E-state index contributed by atoms with van der Waals surface area (Å²) >= 11 is 8.77. The van der Waals surface area contributed by atoms with Crippen LogP contribution in [0.2, 0.25) is 4.34 Å². The molecule has 0 radical (unpaired) electrons. The highest BCUT2D eigenvalue weighted by Crippen LogP contribution is 2.21. The van der Waals surface area contributed by atoms with E-state index in [1.165, 1.54) is 22.7 Å². The Labute approximate surface area is 129 Å². The number of halogens is 1. The highest BCUT2D eigenvalue weighted by Gasteiger charge is 2.08. The van der Waals surface area contributed by atoms with Crippen LogP contribution in [0, 0.1) is 0 Å². The molecule has 0 saturated carbocycles. The molecule has 0 atom stereocenters. The Bertz CT molecular complexity index is 581. The van der Waals surface area contributed by atoms with Crippen molar-refractivity contribution >= 4 is 46.1 Å². The Hall–Kier alpha value is -1.37. The van der Waals surface area contributed by atoms with Gasteiger partial charge in [-0.25, -0.2) is 0 Å². The maximum Gasteiger partial charge on any atom is 0.252 e. The van der Waals surface area contributed by atoms with Gasteiger partial charge in [-0.15, -0.1) is 11.3 Å². The molecule has 0 aromatic carbocycles. The molecule has 0 saturated heterocycles. The smallest absolute Gasteiger partial charge is 0.252 e. The van der Waals surface area contributed by atoms with E-state index in [1.54, 1.807) is 11.4 Å². The lowest BCUT2D eigenvalue weighted by Gasteiger charge is -2.05. The minimum absolute atomic E-state index is 0.0140. The summed E-state index contributed by atoms with van der Waals surface area (Å²) < 4.78 is 0.745. The van der Waals surface area contributed by atoms with Crippen LogP contribution in [0.5, 0.6) is 0 Å². The molecule has 0 fully saturated rings. The molecule has 2 heterocycles. The maximum absolute atomic E-state index is 11.6. The van der Waals surface area contributed by atoms with Crippen LogP contribution in [0.4, 0.5) is 0 Å². The van der Waals surface area contributed by atoms with E-state index in [9.17, 15) is 9.59 Å². The van der Waals surface area contributed by atoms with E-state index < -0.39 is 0 Å². The Morgan fingerprint density at radius 2 is 2.05 bits per heavy atom. The van der Waals surface area contributed by atoms with Crippen molar-refractivity contribution in [3.05, 3.63) is 43.7 Å². The summed E-state index contributed by atoms with van der Waals surface area (Å²) in [5, 5.41) is 8.89. The summed E-state index contributed by atoms with van der Waals surface area (Å²) in [6.45, 7) is 0.518. The van der Waals surface area contributed by atoms with E-state index in [-0.39, 0.29) is 18.4 Å². The van der Waals surface area contributed by atoms with Crippen molar-refractivity contribution in [1.29, 1.82) is 0 Å². The monoisotopic (exact) mass is 328 g/mol. The highest BCUT2D eigenvalue weighted by atomic mass is 35.5. The third-order valence-corrected chi connectivity index (χ3v) is 4.49. The van der Waals surface area contributed by atoms with E-state index in [1.807, 2.05) is 17.5 Å². The lowest BCUT2D eigenvalue weighted by molar-refractivity contribution is -0.120. The third kappa shape index (κ3) is 4.63. The zero-order valence-electron chi connectivity index (χ0n) is 10.5. The van der Waals surface area contributed by atoms with Crippen LogP contribution >= 0.6 is 34.3 Å². The van der Waals surface area contributed by atoms with Gasteiger partial charge in [-0.05, 0) is 30.0 Å². The van der Waals surface area contributed by atoms with E-state index in [4.69, 9.17) is 11.6 Å². The zero-order valence-corrected chi connectivity index (χ0v) is 12.9. The molecule has 106 valence electrons. The molecule has 0 aliphatic rings. The van der Waals surface area contributed by atoms with E-state index in [0.29, 0.717) is 12.1 Å². The van der Waals surface area contributed by atoms with Crippen LogP contribution < -0.4 is 10.6 Å². The molecule has 2 N–H and O–H groups in total. The largest absolute Gasteiger partial charge is 0.354 e. The number of carbonyl (C=O) groups is 2. The summed E-state index contributed by atoms with van der Waals surface area (Å²) in [6, 6.07) is 5.50. The van der Waals surface area contributed by atoms with Crippen LogP contribution in [-0.2, 0) is 11.2 Å². The maximum atomic E-state index is 11.6. The Morgan fingerprint density at radius 1 is 1.20 bits per heavy atom. The molecule has 2 rings (SSSR count). The van der Waals surface area contributed by atoms with Crippen LogP contribution in [0.1, 0.15) is 15.2 Å². The average Bonchev–Trinajstić information content (AvgIpc) is 3.07. The van der Waals surface area contributed by atoms with Gasteiger partial charge in [-0.2, -0.15) is 11.3 Å². The summed E-state index contributed by atoms with van der Waals surface area (Å²) in [5.41, 5.74) is 0.580. The molecule has 2 aromatic heterocycles. The van der Waals surface area contributed by atoms with Gasteiger partial charge in [0.2, 0.25) is 5.91 Å². The standard InChI is InChI=1S/C13H13ClN2O2S2/c14-11-2-1-10(20-11)3-5-15-12(17)7-16-13(18)9-4-6-19-8-9/h1-2,4,6,8H,3,5,7H2,(H,15,17)(H,16,18). The van der Waals surface area contributed by atoms with Crippen LogP contribution in [0.25, 0.3) is 0 Å². The molecule has 0 spiro atoms. The average molecular weight is 329 g/mol. The van der Waals surface area contributed by atoms with Crippen molar-refractivity contribution in [2.75, 3.05) is 13.1 Å². The quantitative estimate of drug-likeness (QED) is 0.856. The molecule has 2 amide bonds. The van der Waals surface area contributed by atoms with Gasteiger partial charge in [0.1, 0.15) is 0 Å². The number of hydrogen-bond acceptors (Lipinski definition) is 4. The number of nitrogens with one attached hydrogen (secondary N) is 2. The SMILES string of the molecule is O=C(CNC(=O)c1ccsc1)NCCc1ccc(Cl)s1. The lowest BCUT2D eigenvalue weighted by Crippen LogP contribution is -2.37. The summed E-state index contributed by atoms with van der Waals surface area (Å²) in [7, 11) is 0. The lowest BCUT2D eigenvalue weighted by atomic mass is 10.3. The summed E-state index contributed by atoms with van der Waals surface area (Å²) in [4.78, 5) is 24.3. The highest BCUT2D eigenvalue weighted by molar-refractivity contribution is 7.16. The van der Waals surface area contributed by atoms with Gasteiger partial charge >= 0.3 is 0 Å². The van der Waals surface area contributed by atoms with Crippen molar-refractivity contribution in [1.82, 2.24) is 10.6 Å². The molecule has 2 aromatic rings. The molecular weight excluding hydrogens is 316 g/mol. The minimum atomic E-state index is -0.230. The van der Waals surface area contributed by atoms with Crippen molar-refractivity contribution in [2.24, 2.45) is 0 Å². The van der Waals surface area contributed by atoms with E-state index in [2.05, 4.69) is 10.6 Å². The van der Waals surface area contributed by atoms with Crippen LogP contribution in [0.3, 0.4) is 0 Å². The normalized spacial score (nSPS) is 10.2. The molecule has 0 bridgehead atoms. The predicted octanol–water partition coefficient (Wildman–Crippen LogP) is 2.55. The molecule has 0 aliphatic carbocycles. The first-order valence-corrected chi connectivity index (χ1v) is 8.10. The Kier molecular flexibility index (Phi) is 5.58. The number of amides is 2. The van der Waals surface area contributed by atoms with Crippen molar-refractivity contribution in [2.45, 2.75) is 6.42 Å². The molecular formula is C13H13ClN2O2S2. The molecule has 4 nitrogen and oxygen atoms in total. The third-order valence-electron chi connectivity index (χ3n) is 2.52. The van der Waals surface area contributed by atoms with Gasteiger partial charge in [0, 0.05) is 22.4 Å². The van der Waals surface area contributed by atoms with Crippen molar-refractivity contribution in [3.63, 3.8) is 0 Å². The van der Waals surface area contributed by atoms with Crippen molar-refractivity contribution in [3.8, 4) is 0 Å². The topological polar surface area (TPSA) is 58.2 Å². The van der Waals surface area contributed by atoms with Crippen LogP contribution in [0.15, 0.2) is 29.0 Å².